The van der Waals surface area contributed by atoms with E-state index in [2.05, 4.69) is 20.1 Å². The smallest absolute Gasteiger partial charge is 0.326 e. The summed E-state index contributed by atoms with van der Waals surface area (Å²) in [4.78, 5) is 38.3. The maximum absolute atomic E-state index is 12.7. The van der Waals surface area contributed by atoms with E-state index in [0.717, 1.165) is 29.4 Å². The van der Waals surface area contributed by atoms with Crippen molar-refractivity contribution in [3.8, 4) is 11.4 Å². The second-order valence-corrected chi connectivity index (χ2v) is 7.68. The van der Waals surface area contributed by atoms with Crippen molar-refractivity contribution in [1.29, 1.82) is 0 Å². The van der Waals surface area contributed by atoms with Crippen LogP contribution in [-0.2, 0) is 11.2 Å². The molecule has 31 heavy (non-hydrogen) atoms. The molecule has 0 spiro atoms. The number of pyridine rings is 1. The van der Waals surface area contributed by atoms with E-state index in [-0.39, 0.29) is 17.6 Å². The Morgan fingerprint density at radius 3 is 2.81 bits per heavy atom. The van der Waals surface area contributed by atoms with E-state index in [1.807, 2.05) is 45.9 Å². The molecule has 4 aromatic rings. The van der Waals surface area contributed by atoms with Gasteiger partial charge in [0.1, 0.15) is 0 Å². The number of fused-ring (bicyclic) bond motifs is 1. The van der Waals surface area contributed by atoms with Crippen LogP contribution in [0.2, 0.25) is 0 Å². The molecular weight excluding hydrogens is 396 g/mol. The number of rotatable bonds is 5. The van der Waals surface area contributed by atoms with Crippen LogP contribution in [0.15, 0.2) is 58.1 Å². The van der Waals surface area contributed by atoms with Gasteiger partial charge in [0.2, 0.25) is 17.6 Å². The van der Waals surface area contributed by atoms with Crippen LogP contribution in [0, 0.1) is 0 Å². The molecular formula is C22H22N6O3. The first-order chi connectivity index (χ1) is 15.2. The molecule has 1 aliphatic heterocycles. The van der Waals surface area contributed by atoms with Crippen LogP contribution in [0.1, 0.15) is 31.2 Å². The third kappa shape index (κ3) is 3.86. The van der Waals surface area contributed by atoms with Crippen molar-refractivity contribution in [1.82, 2.24) is 29.6 Å². The predicted octanol–water partition coefficient (Wildman–Crippen LogP) is 2.57. The number of H-pyrrole nitrogens is 1. The van der Waals surface area contributed by atoms with E-state index in [1.165, 1.54) is 0 Å². The molecule has 0 atom stereocenters. The summed E-state index contributed by atoms with van der Waals surface area (Å²) in [5.74, 6) is 0.971. The van der Waals surface area contributed by atoms with Gasteiger partial charge in [-0.15, -0.1) is 0 Å². The molecule has 1 N–H and O–H groups in total. The molecule has 4 heterocycles. The summed E-state index contributed by atoms with van der Waals surface area (Å²) < 4.78 is 7.10. The maximum Gasteiger partial charge on any atom is 0.326 e. The monoisotopic (exact) mass is 418 g/mol. The van der Waals surface area contributed by atoms with Crippen molar-refractivity contribution in [2.24, 2.45) is 0 Å². The number of aryl methyl sites for hydroxylation is 1. The lowest BCUT2D eigenvalue weighted by Crippen LogP contribution is -2.40. The Kier molecular flexibility index (Phi) is 5.07. The molecule has 0 bridgehead atoms. The molecule has 9 nitrogen and oxygen atoms in total. The molecule has 158 valence electrons. The average Bonchev–Trinajstić information content (AvgIpc) is 3.42. The number of likely N-dealkylation sites (tertiary alicyclic amines) is 1. The molecule has 0 aliphatic carbocycles. The number of aromatic amines is 1. The second kappa shape index (κ2) is 8.17. The Morgan fingerprint density at radius 1 is 1.16 bits per heavy atom. The molecule has 1 aliphatic rings. The van der Waals surface area contributed by atoms with Gasteiger partial charge >= 0.3 is 5.69 Å². The van der Waals surface area contributed by atoms with E-state index in [0.29, 0.717) is 37.6 Å². The summed E-state index contributed by atoms with van der Waals surface area (Å²) in [5, 5.41) is 3.96. The Hall–Kier alpha value is -3.75. The van der Waals surface area contributed by atoms with Crippen LogP contribution in [-0.4, -0.2) is 48.6 Å². The van der Waals surface area contributed by atoms with Crippen LogP contribution >= 0.6 is 0 Å². The molecule has 1 saturated heterocycles. The van der Waals surface area contributed by atoms with Gasteiger partial charge in [-0.1, -0.05) is 17.3 Å². The van der Waals surface area contributed by atoms with Gasteiger partial charge in [-0.3, -0.25) is 14.3 Å². The topological polar surface area (TPSA) is 110 Å². The summed E-state index contributed by atoms with van der Waals surface area (Å²) >= 11 is 0. The maximum atomic E-state index is 12.7. The van der Waals surface area contributed by atoms with Gasteiger partial charge in [-0.05, 0) is 37.1 Å². The van der Waals surface area contributed by atoms with Gasteiger partial charge in [0.25, 0.3) is 0 Å². The van der Waals surface area contributed by atoms with E-state index < -0.39 is 0 Å². The fourth-order valence-corrected chi connectivity index (χ4v) is 4.15. The number of amides is 1. The number of nitrogens with one attached hydrogen (secondary N) is 1. The predicted molar refractivity (Wildman–Crippen MR) is 113 cm³/mol. The van der Waals surface area contributed by atoms with Crippen LogP contribution in [0.3, 0.4) is 0 Å². The molecule has 3 aromatic heterocycles. The molecule has 0 radical (unpaired) electrons. The fraction of sp³-hybridized carbons (Fsp3) is 0.318. The first-order valence-electron chi connectivity index (χ1n) is 10.4. The van der Waals surface area contributed by atoms with Crippen molar-refractivity contribution < 1.29 is 9.32 Å². The van der Waals surface area contributed by atoms with E-state index in [1.54, 1.807) is 12.4 Å². The number of benzene rings is 1. The van der Waals surface area contributed by atoms with Gasteiger partial charge in [0.15, 0.2) is 0 Å². The Morgan fingerprint density at radius 2 is 2.00 bits per heavy atom. The third-order valence-corrected chi connectivity index (χ3v) is 5.75. The van der Waals surface area contributed by atoms with Crippen molar-refractivity contribution in [2.75, 3.05) is 13.1 Å². The number of hydrogen-bond donors (Lipinski definition) is 1. The van der Waals surface area contributed by atoms with Gasteiger partial charge < -0.3 is 14.4 Å². The summed E-state index contributed by atoms with van der Waals surface area (Å²) in [5.41, 5.74) is 2.44. The van der Waals surface area contributed by atoms with Gasteiger partial charge in [0, 0.05) is 49.9 Å². The van der Waals surface area contributed by atoms with Crippen molar-refractivity contribution in [2.45, 2.75) is 31.7 Å². The van der Waals surface area contributed by atoms with Crippen LogP contribution in [0.25, 0.3) is 22.4 Å². The molecule has 1 fully saturated rings. The Bertz CT molecular complexity index is 1250. The van der Waals surface area contributed by atoms with E-state index in [4.69, 9.17) is 4.52 Å². The number of piperidine rings is 1. The van der Waals surface area contributed by atoms with Crippen molar-refractivity contribution in [3.05, 3.63) is 65.2 Å². The number of nitrogens with zero attached hydrogens (tertiary/aromatic N) is 5. The highest BCUT2D eigenvalue weighted by Gasteiger charge is 2.26. The quantitative estimate of drug-likeness (QED) is 0.533. The van der Waals surface area contributed by atoms with Crippen molar-refractivity contribution in [3.63, 3.8) is 0 Å². The van der Waals surface area contributed by atoms with Gasteiger partial charge in [0.05, 0.1) is 11.0 Å². The summed E-state index contributed by atoms with van der Waals surface area (Å²) in [6, 6.07) is 11.5. The Labute approximate surface area is 177 Å². The van der Waals surface area contributed by atoms with Crippen LogP contribution in [0.4, 0.5) is 0 Å². The lowest BCUT2D eigenvalue weighted by atomic mass is 10.0. The van der Waals surface area contributed by atoms with Crippen molar-refractivity contribution >= 4 is 16.9 Å². The fourth-order valence-electron chi connectivity index (χ4n) is 4.15. The Balaban J connectivity index is 1.18. The van der Waals surface area contributed by atoms with Crippen LogP contribution in [0.5, 0.6) is 0 Å². The number of carbonyl (C=O) groups excluding carboxylic acids is 1. The van der Waals surface area contributed by atoms with Gasteiger partial charge in [-0.25, -0.2) is 4.79 Å². The number of carbonyl (C=O) groups is 1. The average molecular weight is 418 g/mol. The summed E-state index contributed by atoms with van der Waals surface area (Å²) in [7, 11) is 0. The zero-order valence-corrected chi connectivity index (χ0v) is 16.9. The zero-order valence-electron chi connectivity index (χ0n) is 16.9. The molecule has 5 rings (SSSR count). The second-order valence-electron chi connectivity index (χ2n) is 7.68. The first-order valence-corrected chi connectivity index (χ1v) is 10.4. The SMILES string of the molecule is O=C(CCc1nc(-c2cccnc2)no1)N1CCC(n2c(=O)[nH]c3ccccc32)CC1. The zero-order chi connectivity index (χ0) is 21.2. The summed E-state index contributed by atoms with van der Waals surface area (Å²) in [6.07, 6.45) is 5.56. The number of para-hydroxylation sites is 2. The number of aromatic nitrogens is 5. The largest absolute Gasteiger partial charge is 0.343 e. The highest BCUT2D eigenvalue weighted by Crippen LogP contribution is 2.25. The van der Waals surface area contributed by atoms with E-state index >= 15 is 0 Å². The minimum Gasteiger partial charge on any atom is -0.343 e. The number of hydrogen-bond acceptors (Lipinski definition) is 6. The molecule has 0 saturated carbocycles. The normalized spacial score (nSPS) is 14.9. The molecule has 9 heteroatoms. The first kappa shape index (κ1) is 19.2. The highest BCUT2D eigenvalue weighted by molar-refractivity contribution is 5.77. The minimum absolute atomic E-state index is 0.0610. The third-order valence-electron chi connectivity index (χ3n) is 5.75. The van der Waals surface area contributed by atoms with E-state index in [9.17, 15) is 9.59 Å². The summed E-state index contributed by atoms with van der Waals surface area (Å²) in [6.45, 7) is 1.25. The molecule has 1 aromatic carbocycles. The van der Waals surface area contributed by atoms with Gasteiger partial charge in [-0.2, -0.15) is 4.98 Å². The number of imidazole rings is 1. The minimum atomic E-state index is -0.0909. The van der Waals surface area contributed by atoms with Crippen LogP contribution < -0.4 is 5.69 Å². The lowest BCUT2D eigenvalue weighted by Gasteiger charge is -2.32. The highest BCUT2D eigenvalue weighted by atomic mass is 16.5. The molecule has 1 amide bonds. The lowest BCUT2D eigenvalue weighted by molar-refractivity contribution is -0.132. The standard InChI is InChI=1S/C22H22N6O3/c29-20(8-7-19-25-21(26-31-19)15-4-3-11-23-14-15)27-12-9-16(10-13-27)28-18-6-2-1-5-17(18)24-22(28)30/h1-6,11,14,16H,7-10,12-13H2,(H,24,30). The molecule has 0 unspecified atom stereocenters.